The summed E-state index contributed by atoms with van der Waals surface area (Å²) in [5.41, 5.74) is 0. The van der Waals surface area contributed by atoms with Gasteiger partial charge in [0.1, 0.15) is 0 Å². The van der Waals surface area contributed by atoms with Gasteiger partial charge in [-0.25, -0.2) is 0 Å². The van der Waals surface area contributed by atoms with Crippen LogP contribution in [0.3, 0.4) is 0 Å². The SMILES string of the molecule is CC[C@H]1CC[C@@H]2C[C@H]3CCCC[C@@H]3OC[NH+]2C1. The Hall–Kier alpha value is -0.0800. The van der Waals surface area contributed by atoms with Gasteiger partial charge < -0.3 is 9.64 Å². The van der Waals surface area contributed by atoms with E-state index in [9.17, 15) is 0 Å². The molecule has 0 spiro atoms. The second-order valence-corrected chi connectivity index (χ2v) is 6.54. The molecule has 98 valence electrons. The van der Waals surface area contributed by atoms with Crippen molar-refractivity contribution in [3.8, 4) is 0 Å². The van der Waals surface area contributed by atoms with E-state index in [1.165, 1.54) is 57.9 Å². The van der Waals surface area contributed by atoms with Gasteiger partial charge in [-0.15, -0.1) is 0 Å². The number of hydrogen-bond acceptors (Lipinski definition) is 1. The number of quaternary nitrogens is 1. The van der Waals surface area contributed by atoms with E-state index in [2.05, 4.69) is 6.92 Å². The molecular formula is C15H28NO+. The Morgan fingerprint density at radius 3 is 2.88 bits per heavy atom. The van der Waals surface area contributed by atoms with E-state index in [4.69, 9.17) is 4.74 Å². The molecule has 1 saturated carbocycles. The van der Waals surface area contributed by atoms with Gasteiger partial charge >= 0.3 is 0 Å². The fourth-order valence-electron chi connectivity index (χ4n) is 4.33. The highest BCUT2D eigenvalue weighted by molar-refractivity contribution is 4.81. The van der Waals surface area contributed by atoms with Gasteiger partial charge in [0, 0.05) is 12.3 Å². The maximum atomic E-state index is 6.23. The minimum Gasteiger partial charge on any atom is -0.328 e. The highest BCUT2D eigenvalue weighted by Gasteiger charge is 2.39. The Kier molecular flexibility index (Phi) is 3.72. The fourth-order valence-corrected chi connectivity index (χ4v) is 4.33. The van der Waals surface area contributed by atoms with Crippen LogP contribution in [0.1, 0.15) is 58.3 Å². The molecule has 0 radical (unpaired) electrons. The predicted octanol–water partition coefficient (Wildman–Crippen LogP) is 2.00. The van der Waals surface area contributed by atoms with Gasteiger partial charge in [-0.05, 0) is 38.0 Å². The summed E-state index contributed by atoms with van der Waals surface area (Å²) in [6.45, 7) is 4.73. The molecule has 3 fully saturated rings. The number of piperidine rings is 1. The predicted molar refractivity (Wildman–Crippen MR) is 68.9 cm³/mol. The van der Waals surface area contributed by atoms with Crippen molar-refractivity contribution in [1.29, 1.82) is 0 Å². The van der Waals surface area contributed by atoms with E-state index < -0.39 is 0 Å². The number of ether oxygens (including phenoxy) is 1. The van der Waals surface area contributed by atoms with Crippen LogP contribution in [0.25, 0.3) is 0 Å². The molecule has 2 saturated heterocycles. The molecule has 3 aliphatic rings. The topological polar surface area (TPSA) is 13.7 Å². The standard InChI is InChI=1S/C15H27NO/c1-2-12-7-8-14-9-13-5-3-4-6-15(13)17-11-16(14)10-12/h12-15H,2-11H2,1H3/p+1/t12-,13+,14+,15-/m0/s1. The highest BCUT2D eigenvalue weighted by atomic mass is 16.5. The Bertz CT molecular complexity index is 255. The van der Waals surface area contributed by atoms with Crippen molar-refractivity contribution in [3.05, 3.63) is 0 Å². The van der Waals surface area contributed by atoms with E-state index in [0.717, 1.165) is 24.6 Å². The van der Waals surface area contributed by atoms with Crippen LogP contribution in [0.5, 0.6) is 0 Å². The Morgan fingerprint density at radius 2 is 2.00 bits per heavy atom. The van der Waals surface area contributed by atoms with Crippen LogP contribution >= 0.6 is 0 Å². The van der Waals surface area contributed by atoms with E-state index in [1.807, 2.05) is 0 Å². The molecule has 0 bridgehead atoms. The van der Waals surface area contributed by atoms with Crippen molar-refractivity contribution in [1.82, 2.24) is 0 Å². The number of hydrogen-bond donors (Lipinski definition) is 1. The molecule has 2 heterocycles. The summed E-state index contributed by atoms with van der Waals surface area (Å²) in [7, 11) is 0. The first-order chi connectivity index (χ1) is 8.36. The van der Waals surface area contributed by atoms with Crippen molar-refractivity contribution in [2.75, 3.05) is 13.3 Å². The van der Waals surface area contributed by atoms with Gasteiger partial charge in [0.25, 0.3) is 0 Å². The van der Waals surface area contributed by atoms with Crippen LogP contribution in [-0.4, -0.2) is 25.4 Å². The van der Waals surface area contributed by atoms with Crippen LogP contribution in [0.4, 0.5) is 0 Å². The second-order valence-electron chi connectivity index (χ2n) is 6.54. The normalized spacial score (nSPS) is 46.8. The van der Waals surface area contributed by atoms with Gasteiger partial charge in [-0.1, -0.05) is 19.8 Å². The largest absolute Gasteiger partial charge is 0.328 e. The van der Waals surface area contributed by atoms with Crippen LogP contribution < -0.4 is 4.90 Å². The van der Waals surface area contributed by atoms with Crippen LogP contribution in [-0.2, 0) is 4.74 Å². The number of nitrogens with one attached hydrogen (secondary N) is 1. The van der Waals surface area contributed by atoms with E-state index in [-0.39, 0.29) is 0 Å². The molecular weight excluding hydrogens is 210 g/mol. The third kappa shape index (κ3) is 2.53. The quantitative estimate of drug-likeness (QED) is 0.737. The number of fused-ring (bicyclic) bond motifs is 2. The molecule has 0 aromatic rings. The highest BCUT2D eigenvalue weighted by Crippen LogP contribution is 2.32. The van der Waals surface area contributed by atoms with Crippen molar-refractivity contribution in [3.63, 3.8) is 0 Å². The second kappa shape index (κ2) is 5.27. The lowest BCUT2D eigenvalue weighted by Crippen LogP contribution is -3.17. The minimum absolute atomic E-state index is 0.613. The van der Waals surface area contributed by atoms with E-state index >= 15 is 0 Å². The lowest BCUT2D eigenvalue weighted by atomic mass is 9.80. The first-order valence-electron chi connectivity index (χ1n) is 7.83. The maximum Gasteiger partial charge on any atom is 0.182 e. The molecule has 0 aromatic carbocycles. The molecule has 17 heavy (non-hydrogen) atoms. The van der Waals surface area contributed by atoms with Crippen LogP contribution in [0, 0.1) is 11.8 Å². The summed E-state index contributed by atoms with van der Waals surface area (Å²) >= 11 is 0. The lowest BCUT2D eigenvalue weighted by Gasteiger charge is -2.35. The van der Waals surface area contributed by atoms with Crippen molar-refractivity contribution < 1.29 is 9.64 Å². The van der Waals surface area contributed by atoms with Crippen molar-refractivity contribution in [2.45, 2.75) is 70.4 Å². The molecule has 5 atom stereocenters. The first kappa shape index (κ1) is 12.0. The summed E-state index contributed by atoms with van der Waals surface area (Å²) in [6, 6.07) is 0.922. The molecule has 1 N–H and O–H groups in total. The zero-order valence-corrected chi connectivity index (χ0v) is 11.3. The molecule has 2 nitrogen and oxygen atoms in total. The van der Waals surface area contributed by atoms with Crippen LogP contribution in [0.15, 0.2) is 0 Å². The monoisotopic (exact) mass is 238 g/mol. The van der Waals surface area contributed by atoms with E-state index in [0.29, 0.717) is 6.10 Å². The first-order valence-corrected chi connectivity index (χ1v) is 7.83. The Labute approximate surface area is 106 Å². The fraction of sp³-hybridized carbons (Fsp3) is 1.00. The third-order valence-corrected chi connectivity index (χ3v) is 5.54. The molecule has 3 rings (SSSR count). The van der Waals surface area contributed by atoms with Crippen molar-refractivity contribution >= 4 is 0 Å². The molecule has 1 aliphatic carbocycles. The van der Waals surface area contributed by atoms with Gasteiger partial charge in [-0.3, -0.25) is 0 Å². The number of rotatable bonds is 1. The molecule has 0 amide bonds. The third-order valence-electron chi connectivity index (χ3n) is 5.54. The molecule has 0 aromatic heterocycles. The summed E-state index contributed by atoms with van der Waals surface area (Å²) in [5.74, 6) is 1.86. The molecule has 1 unspecified atom stereocenters. The van der Waals surface area contributed by atoms with Gasteiger partial charge in [-0.2, -0.15) is 0 Å². The van der Waals surface area contributed by atoms with Gasteiger partial charge in [0.2, 0.25) is 0 Å². The Balaban J connectivity index is 1.65. The lowest BCUT2D eigenvalue weighted by molar-refractivity contribution is -0.951. The summed E-state index contributed by atoms with van der Waals surface area (Å²) in [6.07, 6.45) is 12.0. The summed E-state index contributed by atoms with van der Waals surface area (Å²) in [5, 5.41) is 0. The average molecular weight is 238 g/mol. The smallest absolute Gasteiger partial charge is 0.182 e. The van der Waals surface area contributed by atoms with Crippen molar-refractivity contribution in [2.24, 2.45) is 11.8 Å². The van der Waals surface area contributed by atoms with Crippen LogP contribution in [0.2, 0.25) is 0 Å². The summed E-state index contributed by atoms with van der Waals surface area (Å²) in [4.78, 5) is 1.78. The zero-order chi connectivity index (χ0) is 11.7. The minimum atomic E-state index is 0.613. The van der Waals surface area contributed by atoms with E-state index in [1.54, 1.807) is 4.90 Å². The zero-order valence-electron chi connectivity index (χ0n) is 11.3. The summed E-state index contributed by atoms with van der Waals surface area (Å²) < 4.78 is 6.23. The van der Waals surface area contributed by atoms with Gasteiger partial charge in [0.15, 0.2) is 6.73 Å². The molecule has 2 aliphatic heterocycles. The average Bonchev–Trinajstić information content (AvgIpc) is 2.57. The Morgan fingerprint density at radius 1 is 1.12 bits per heavy atom. The molecule has 2 heteroatoms. The van der Waals surface area contributed by atoms with Gasteiger partial charge in [0.05, 0.1) is 18.7 Å². The maximum absolute atomic E-state index is 6.23.